The van der Waals surface area contributed by atoms with Gasteiger partial charge >= 0.3 is 0 Å². The normalized spacial score (nSPS) is 38.8. The Morgan fingerprint density at radius 2 is 2.22 bits per heavy atom. The van der Waals surface area contributed by atoms with E-state index in [0.29, 0.717) is 17.9 Å². The molecular weight excluding hydrogens is 228 g/mol. The van der Waals surface area contributed by atoms with Crippen LogP contribution in [0, 0.1) is 11.8 Å². The fraction of sp³-hybridized carbons (Fsp3) is 1.00. The molecule has 0 radical (unpaired) electrons. The molecule has 2 aliphatic heterocycles. The monoisotopic (exact) mass is 256 g/mol. The van der Waals surface area contributed by atoms with Crippen molar-refractivity contribution in [3.63, 3.8) is 0 Å². The van der Waals surface area contributed by atoms with Crippen molar-refractivity contribution in [1.82, 2.24) is 10.2 Å². The first-order valence-electron chi connectivity index (χ1n) is 7.42. The summed E-state index contributed by atoms with van der Waals surface area (Å²) in [7, 11) is 0. The summed E-state index contributed by atoms with van der Waals surface area (Å²) in [4.78, 5) is 2.41. The van der Waals surface area contributed by atoms with Gasteiger partial charge in [0.1, 0.15) is 0 Å². The SMILES string of the molecule is CCNC1CCOCC1CN1CCC(C)C(O)C1. The maximum atomic E-state index is 9.96. The van der Waals surface area contributed by atoms with Gasteiger partial charge in [0, 0.05) is 31.7 Å². The van der Waals surface area contributed by atoms with Gasteiger partial charge in [0.2, 0.25) is 0 Å². The van der Waals surface area contributed by atoms with Gasteiger partial charge in [-0.1, -0.05) is 13.8 Å². The highest BCUT2D eigenvalue weighted by Gasteiger charge is 2.30. The number of ether oxygens (including phenoxy) is 1. The van der Waals surface area contributed by atoms with Gasteiger partial charge in [-0.2, -0.15) is 0 Å². The standard InChI is InChI=1S/C14H28N2O2/c1-3-15-13-5-7-18-10-12(13)8-16-6-4-11(2)14(17)9-16/h11-15,17H,3-10H2,1-2H3. The lowest BCUT2D eigenvalue weighted by atomic mass is 9.91. The molecule has 0 spiro atoms. The number of likely N-dealkylation sites (tertiary alicyclic amines) is 1. The van der Waals surface area contributed by atoms with Crippen molar-refractivity contribution < 1.29 is 9.84 Å². The van der Waals surface area contributed by atoms with Crippen LogP contribution in [0.25, 0.3) is 0 Å². The van der Waals surface area contributed by atoms with Crippen LogP contribution in [0.3, 0.4) is 0 Å². The number of rotatable bonds is 4. The molecular formula is C14H28N2O2. The highest BCUT2D eigenvalue weighted by molar-refractivity contribution is 4.85. The minimum absolute atomic E-state index is 0.152. The Morgan fingerprint density at radius 1 is 1.39 bits per heavy atom. The molecule has 106 valence electrons. The third-order valence-corrected chi connectivity index (χ3v) is 4.44. The van der Waals surface area contributed by atoms with E-state index in [1.54, 1.807) is 0 Å². The zero-order valence-electron chi connectivity index (χ0n) is 11.8. The first-order chi connectivity index (χ1) is 8.70. The number of aliphatic hydroxyl groups is 1. The molecule has 2 saturated heterocycles. The van der Waals surface area contributed by atoms with Gasteiger partial charge in [-0.25, -0.2) is 0 Å². The van der Waals surface area contributed by atoms with Crippen molar-refractivity contribution >= 4 is 0 Å². The molecule has 4 unspecified atom stereocenters. The molecule has 4 heteroatoms. The van der Waals surface area contributed by atoms with E-state index in [4.69, 9.17) is 4.74 Å². The lowest BCUT2D eigenvalue weighted by molar-refractivity contribution is -0.0128. The highest BCUT2D eigenvalue weighted by atomic mass is 16.5. The van der Waals surface area contributed by atoms with Crippen LogP contribution in [-0.2, 0) is 4.74 Å². The average molecular weight is 256 g/mol. The molecule has 2 fully saturated rings. The van der Waals surface area contributed by atoms with Crippen LogP contribution in [0.2, 0.25) is 0 Å². The van der Waals surface area contributed by atoms with Crippen molar-refractivity contribution in [1.29, 1.82) is 0 Å². The highest BCUT2D eigenvalue weighted by Crippen LogP contribution is 2.21. The average Bonchev–Trinajstić information content (AvgIpc) is 2.37. The Bertz CT molecular complexity index is 248. The van der Waals surface area contributed by atoms with Crippen LogP contribution in [0.1, 0.15) is 26.7 Å². The second-order valence-electron chi connectivity index (χ2n) is 5.88. The quantitative estimate of drug-likeness (QED) is 0.777. The van der Waals surface area contributed by atoms with E-state index in [-0.39, 0.29) is 6.10 Å². The molecule has 2 rings (SSSR count). The molecule has 0 bridgehead atoms. The Morgan fingerprint density at radius 3 is 2.94 bits per heavy atom. The van der Waals surface area contributed by atoms with Crippen LogP contribution in [0.5, 0.6) is 0 Å². The van der Waals surface area contributed by atoms with Gasteiger partial charge in [-0.15, -0.1) is 0 Å². The third-order valence-electron chi connectivity index (χ3n) is 4.44. The summed E-state index contributed by atoms with van der Waals surface area (Å²) in [6.07, 6.45) is 2.08. The van der Waals surface area contributed by atoms with Crippen molar-refractivity contribution in [2.45, 2.75) is 38.8 Å². The van der Waals surface area contributed by atoms with Crippen molar-refractivity contribution in [3.8, 4) is 0 Å². The maximum Gasteiger partial charge on any atom is 0.0693 e. The summed E-state index contributed by atoms with van der Waals surface area (Å²) >= 11 is 0. The topological polar surface area (TPSA) is 44.7 Å². The molecule has 0 aliphatic carbocycles. The number of hydrogen-bond donors (Lipinski definition) is 2. The van der Waals surface area contributed by atoms with E-state index in [2.05, 4.69) is 24.1 Å². The van der Waals surface area contributed by atoms with Crippen molar-refractivity contribution in [2.24, 2.45) is 11.8 Å². The van der Waals surface area contributed by atoms with Gasteiger partial charge < -0.3 is 20.1 Å². The summed E-state index contributed by atoms with van der Waals surface area (Å²) in [5, 5.41) is 13.5. The molecule has 18 heavy (non-hydrogen) atoms. The second kappa shape index (κ2) is 6.85. The molecule has 0 aromatic heterocycles. The number of piperidine rings is 1. The van der Waals surface area contributed by atoms with E-state index >= 15 is 0 Å². The molecule has 0 aromatic carbocycles. The Balaban J connectivity index is 1.83. The number of β-amino-alcohol motifs (C(OH)–C–C–N with tert-alkyl or cyclic N) is 1. The molecule has 4 nitrogen and oxygen atoms in total. The van der Waals surface area contributed by atoms with Gasteiger partial charge in [-0.3, -0.25) is 0 Å². The van der Waals surface area contributed by atoms with E-state index in [0.717, 1.165) is 52.2 Å². The van der Waals surface area contributed by atoms with Gasteiger partial charge in [0.25, 0.3) is 0 Å². The summed E-state index contributed by atoms with van der Waals surface area (Å²) in [6, 6.07) is 0.584. The van der Waals surface area contributed by atoms with Crippen LogP contribution in [-0.4, -0.2) is 61.5 Å². The second-order valence-corrected chi connectivity index (χ2v) is 5.88. The van der Waals surface area contributed by atoms with E-state index in [1.807, 2.05) is 0 Å². The van der Waals surface area contributed by atoms with Gasteiger partial charge in [0.05, 0.1) is 12.7 Å². The minimum Gasteiger partial charge on any atom is -0.392 e. The number of nitrogens with zero attached hydrogens (tertiary/aromatic N) is 1. The lowest BCUT2D eigenvalue weighted by Gasteiger charge is -2.39. The van der Waals surface area contributed by atoms with Crippen LogP contribution in [0.4, 0.5) is 0 Å². The molecule has 2 N–H and O–H groups in total. The van der Waals surface area contributed by atoms with Crippen molar-refractivity contribution in [3.05, 3.63) is 0 Å². The van der Waals surface area contributed by atoms with E-state index in [9.17, 15) is 5.11 Å². The predicted octanol–water partition coefficient (Wildman–Crippen LogP) is 0.704. The number of nitrogens with one attached hydrogen (secondary N) is 1. The van der Waals surface area contributed by atoms with Crippen LogP contribution < -0.4 is 5.32 Å². The van der Waals surface area contributed by atoms with E-state index in [1.165, 1.54) is 0 Å². The fourth-order valence-electron chi connectivity index (χ4n) is 3.12. The summed E-state index contributed by atoms with van der Waals surface area (Å²) in [5.74, 6) is 1.02. The van der Waals surface area contributed by atoms with Crippen LogP contribution >= 0.6 is 0 Å². The zero-order chi connectivity index (χ0) is 13.0. The van der Waals surface area contributed by atoms with Gasteiger partial charge in [0.15, 0.2) is 0 Å². The first-order valence-corrected chi connectivity index (χ1v) is 7.42. The van der Waals surface area contributed by atoms with Crippen molar-refractivity contribution in [2.75, 3.05) is 39.4 Å². The number of aliphatic hydroxyl groups excluding tert-OH is 1. The predicted molar refractivity (Wildman–Crippen MR) is 72.6 cm³/mol. The molecule has 0 saturated carbocycles. The minimum atomic E-state index is -0.152. The van der Waals surface area contributed by atoms with Gasteiger partial charge in [-0.05, 0) is 31.8 Å². The smallest absolute Gasteiger partial charge is 0.0693 e. The Kier molecular flexibility index (Phi) is 5.42. The Labute approximate surface area is 111 Å². The molecule has 2 aliphatic rings. The Hall–Kier alpha value is -0.160. The molecule has 4 atom stereocenters. The van der Waals surface area contributed by atoms with Crippen LogP contribution in [0.15, 0.2) is 0 Å². The zero-order valence-corrected chi connectivity index (χ0v) is 11.8. The lowest BCUT2D eigenvalue weighted by Crippen LogP contribution is -2.51. The largest absolute Gasteiger partial charge is 0.392 e. The molecule has 2 heterocycles. The van der Waals surface area contributed by atoms with E-state index < -0.39 is 0 Å². The third kappa shape index (κ3) is 3.67. The summed E-state index contributed by atoms with van der Waals surface area (Å²) in [6.45, 7) is 10.1. The fourth-order valence-corrected chi connectivity index (χ4v) is 3.12. The maximum absolute atomic E-state index is 9.96. The molecule has 0 aromatic rings. The first kappa shape index (κ1) is 14.3. The summed E-state index contributed by atoms with van der Waals surface area (Å²) < 4.78 is 5.62. The number of hydrogen-bond acceptors (Lipinski definition) is 4. The summed E-state index contributed by atoms with van der Waals surface area (Å²) in [5.41, 5.74) is 0. The molecule has 0 amide bonds.